The van der Waals surface area contributed by atoms with Crippen molar-refractivity contribution in [3.8, 4) is 0 Å². The predicted molar refractivity (Wildman–Crippen MR) is 115 cm³/mol. The lowest BCUT2D eigenvalue weighted by Crippen LogP contribution is -2.30. The van der Waals surface area contributed by atoms with Gasteiger partial charge in [-0.2, -0.15) is 0 Å². The molecule has 158 valence electrons. The molecule has 0 fully saturated rings. The molecule has 31 heavy (non-hydrogen) atoms. The number of esters is 1. The van der Waals surface area contributed by atoms with Gasteiger partial charge >= 0.3 is 5.97 Å². The highest BCUT2D eigenvalue weighted by Crippen LogP contribution is 2.19. The van der Waals surface area contributed by atoms with Crippen molar-refractivity contribution in [3.63, 3.8) is 0 Å². The van der Waals surface area contributed by atoms with E-state index in [0.29, 0.717) is 23.3 Å². The fourth-order valence-electron chi connectivity index (χ4n) is 3.37. The topological polar surface area (TPSA) is 115 Å². The number of aromatic nitrogens is 5. The highest BCUT2D eigenvalue weighted by atomic mass is 16.5. The van der Waals surface area contributed by atoms with Gasteiger partial charge in [-0.1, -0.05) is 30.3 Å². The minimum Gasteiger partial charge on any atom is -0.449 e. The molecule has 0 unspecified atom stereocenters. The molecule has 0 saturated heterocycles. The molecule has 0 bridgehead atoms. The van der Waals surface area contributed by atoms with Gasteiger partial charge in [0.2, 0.25) is 0 Å². The van der Waals surface area contributed by atoms with Gasteiger partial charge in [0.25, 0.3) is 5.91 Å². The first-order chi connectivity index (χ1) is 14.9. The smallest absolute Gasteiger partial charge is 0.340 e. The first-order valence-electron chi connectivity index (χ1n) is 9.80. The summed E-state index contributed by atoms with van der Waals surface area (Å²) in [6.07, 6.45) is 1.75. The van der Waals surface area contributed by atoms with Crippen LogP contribution in [0, 0.1) is 13.8 Å². The van der Waals surface area contributed by atoms with E-state index in [4.69, 9.17) is 4.74 Å². The van der Waals surface area contributed by atoms with Gasteiger partial charge in [0.1, 0.15) is 11.8 Å². The third-order valence-corrected chi connectivity index (χ3v) is 5.09. The first kappa shape index (κ1) is 20.3. The van der Waals surface area contributed by atoms with E-state index in [1.165, 1.54) is 19.6 Å². The summed E-state index contributed by atoms with van der Waals surface area (Å²) in [7, 11) is 0. The molecule has 2 N–H and O–H groups in total. The summed E-state index contributed by atoms with van der Waals surface area (Å²) in [5.41, 5.74) is 4.22. The van der Waals surface area contributed by atoms with E-state index < -0.39 is 18.0 Å². The Hall–Kier alpha value is -4.01. The summed E-state index contributed by atoms with van der Waals surface area (Å²) in [6, 6.07) is 11.8. The van der Waals surface area contributed by atoms with Crippen LogP contribution in [0.4, 0.5) is 5.82 Å². The fraction of sp³-hybridized carbons (Fsp3) is 0.227. The molecule has 0 aliphatic heterocycles. The van der Waals surface area contributed by atoms with Crippen LogP contribution in [-0.2, 0) is 16.1 Å². The minimum absolute atomic E-state index is 0.274. The van der Waals surface area contributed by atoms with Gasteiger partial charge in [-0.25, -0.2) is 19.7 Å². The van der Waals surface area contributed by atoms with E-state index in [-0.39, 0.29) is 5.82 Å². The summed E-state index contributed by atoms with van der Waals surface area (Å²) in [4.78, 5) is 40.3. The second-order valence-corrected chi connectivity index (χ2v) is 7.22. The number of fused-ring (bicyclic) bond motifs is 1. The summed E-state index contributed by atoms with van der Waals surface area (Å²) in [5.74, 6) is -0.776. The van der Waals surface area contributed by atoms with Crippen molar-refractivity contribution in [3.05, 3.63) is 71.6 Å². The number of hydrogen-bond donors (Lipinski definition) is 2. The quantitative estimate of drug-likeness (QED) is 0.465. The molecule has 3 heterocycles. The summed E-state index contributed by atoms with van der Waals surface area (Å²) >= 11 is 0. The Balaban J connectivity index is 1.46. The maximum absolute atomic E-state index is 12.8. The number of carbonyl (C=O) groups excluding carboxylic acids is 2. The SMILES string of the molecule is Cc1cc(C(=O)O[C@H](C)C(=O)Nc2ncnc3nc[nH]c23)c(C)n1Cc1ccccc1. The van der Waals surface area contributed by atoms with E-state index in [0.717, 1.165) is 17.0 Å². The number of carbonyl (C=O) groups is 2. The van der Waals surface area contributed by atoms with Crippen LogP contribution in [0.5, 0.6) is 0 Å². The Morgan fingerprint density at radius 3 is 2.71 bits per heavy atom. The number of amides is 1. The second kappa shape index (κ2) is 8.39. The molecule has 9 nitrogen and oxygen atoms in total. The molecular formula is C22H22N6O3. The predicted octanol–water partition coefficient (Wildman–Crippen LogP) is 3.00. The zero-order valence-electron chi connectivity index (χ0n) is 17.4. The lowest BCUT2D eigenvalue weighted by Gasteiger charge is -2.14. The van der Waals surface area contributed by atoms with Crippen LogP contribution in [0.2, 0.25) is 0 Å². The van der Waals surface area contributed by atoms with Gasteiger partial charge in [0.05, 0.1) is 11.9 Å². The van der Waals surface area contributed by atoms with Crippen molar-refractivity contribution in [2.45, 2.75) is 33.4 Å². The van der Waals surface area contributed by atoms with Crippen molar-refractivity contribution in [1.82, 2.24) is 24.5 Å². The number of H-pyrrole nitrogens is 1. The molecule has 4 aromatic rings. The number of hydrogen-bond acceptors (Lipinski definition) is 6. The van der Waals surface area contributed by atoms with E-state index in [1.54, 1.807) is 6.07 Å². The molecule has 0 aliphatic rings. The molecular weight excluding hydrogens is 396 g/mol. The molecule has 9 heteroatoms. The molecule has 1 atom stereocenters. The Morgan fingerprint density at radius 1 is 1.16 bits per heavy atom. The van der Waals surface area contributed by atoms with Crippen molar-refractivity contribution in [1.29, 1.82) is 0 Å². The van der Waals surface area contributed by atoms with Crippen LogP contribution in [0.15, 0.2) is 49.1 Å². The molecule has 3 aromatic heterocycles. The number of nitrogens with zero attached hydrogens (tertiary/aromatic N) is 4. The number of ether oxygens (including phenoxy) is 1. The average Bonchev–Trinajstić information content (AvgIpc) is 3.35. The monoisotopic (exact) mass is 418 g/mol. The maximum atomic E-state index is 12.8. The van der Waals surface area contributed by atoms with Gasteiger partial charge in [-0.05, 0) is 32.4 Å². The number of nitrogens with one attached hydrogen (secondary N) is 2. The van der Waals surface area contributed by atoms with Crippen LogP contribution in [0.3, 0.4) is 0 Å². The Morgan fingerprint density at radius 2 is 1.94 bits per heavy atom. The Labute approximate surface area is 178 Å². The molecule has 1 amide bonds. The maximum Gasteiger partial charge on any atom is 0.340 e. The zero-order chi connectivity index (χ0) is 22.0. The first-order valence-corrected chi connectivity index (χ1v) is 9.80. The van der Waals surface area contributed by atoms with E-state index in [2.05, 4.69) is 25.3 Å². The van der Waals surface area contributed by atoms with Crippen molar-refractivity contribution >= 4 is 28.9 Å². The Bertz CT molecular complexity index is 1240. The number of aromatic amines is 1. The Kier molecular flexibility index (Phi) is 5.48. The van der Waals surface area contributed by atoms with E-state index in [1.807, 2.05) is 48.7 Å². The molecule has 0 saturated carbocycles. The van der Waals surface area contributed by atoms with Crippen molar-refractivity contribution < 1.29 is 14.3 Å². The lowest BCUT2D eigenvalue weighted by molar-refractivity contribution is -0.123. The second-order valence-electron chi connectivity index (χ2n) is 7.22. The highest BCUT2D eigenvalue weighted by Gasteiger charge is 2.23. The fourth-order valence-corrected chi connectivity index (χ4v) is 3.37. The zero-order valence-corrected chi connectivity index (χ0v) is 17.4. The van der Waals surface area contributed by atoms with Crippen LogP contribution >= 0.6 is 0 Å². The van der Waals surface area contributed by atoms with Gasteiger partial charge in [-0.15, -0.1) is 0 Å². The normalized spacial score (nSPS) is 12.0. The van der Waals surface area contributed by atoms with E-state index >= 15 is 0 Å². The van der Waals surface area contributed by atoms with Gasteiger partial charge < -0.3 is 19.6 Å². The molecule has 0 radical (unpaired) electrons. The third kappa shape index (κ3) is 4.16. The summed E-state index contributed by atoms with van der Waals surface area (Å²) < 4.78 is 7.48. The largest absolute Gasteiger partial charge is 0.449 e. The number of rotatable bonds is 6. The summed E-state index contributed by atoms with van der Waals surface area (Å²) in [6.45, 7) is 5.97. The molecule has 0 spiro atoms. The summed E-state index contributed by atoms with van der Waals surface area (Å²) in [5, 5.41) is 2.65. The molecule has 0 aliphatic carbocycles. The lowest BCUT2D eigenvalue weighted by atomic mass is 10.2. The van der Waals surface area contributed by atoms with Crippen LogP contribution in [-0.4, -0.2) is 42.5 Å². The average molecular weight is 418 g/mol. The van der Waals surface area contributed by atoms with Crippen molar-refractivity contribution in [2.24, 2.45) is 0 Å². The van der Waals surface area contributed by atoms with Gasteiger partial charge in [0, 0.05) is 17.9 Å². The number of imidazole rings is 1. The number of benzene rings is 1. The molecule has 1 aromatic carbocycles. The van der Waals surface area contributed by atoms with Gasteiger partial charge in [-0.3, -0.25) is 4.79 Å². The standard InChI is InChI=1S/C22H22N6O3/c1-13-9-17(14(2)28(13)10-16-7-5-4-6-8-16)22(30)31-15(3)21(29)27-20-18-19(24-11-23-18)25-12-26-20/h4-9,11-12,15H,10H2,1-3H3,(H2,23,24,25,26,27,29)/t15-/m1/s1. The van der Waals surface area contributed by atoms with Crippen LogP contribution in [0.1, 0.15) is 34.2 Å². The number of aryl methyl sites for hydroxylation is 1. The van der Waals surface area contributed by atoms with Crippen LogP contribution in [0.25, 0.3) is 11.2 Å². The van der Waals surface area contributed by atoms with Crippen LogP contribution < -0.4 is 5.32 Å². The molecule has 4 rings (SSSR count). The van der Waals surface area contributed by atoms with Gasteiger partial charge in [0.15, 0.2) is 17.6 Å². The minimum atomic E-state index is -1.02. The third-order valence-electron chi connectivity index (χ3n) is 5.09. The van der Waals surface area contributed by atoms with E-state index in [9.17, 15) is 9.59 Å². The van der Waals surface area contributed by atoms with Crippen molar-refractivity contribution in [2.75, 3.05) is 5.32 Å². The highest BCUT2D eigenvalue weighted by molar-refractivity contribution is 6.00. The number of anilines is 1.